The molecule has 2 aliphatic heterocycles. The van der Waals surface area contributed by atoms with Crippen molar-refractivity contribution in [2.75, 3.05) is 12.4 Å². The number of nitrogens with one attached hydrogen (secondary N) is 1. The molecule has 2 aliphatic rings. The molecule has 31 heavy (non-hydrogen) atoms. The summed E-state index contributed by atoms with van der Waals surface area (Å²) in [6, 6.07) is 11.8. The Kier molecular flexibility index (Phi) is 4.87. The average Bonchev–Trinajstić information content (AvgIpc) is 3.34. The van der Waals surface area contributed by atoms with Crippen molar-refractivity contribution >= 4 is 17.2 Å². The molecule has 1 amide bonds. The number of nitriles is 1. The van der Waals surface area contributed by atoms with E-state index in [9.17, 15) is 10.1 Å². The Morgan fingerprint density at radius 2 is 2.00 bits per heavy atom. The minimum atomic E-state index is -0.457. The number of carbonyl (C=O) groups excluding carboxylic acids is 1. The fourth-order valence-electron chi connectivity index (χ4n) is 5.23. The van der Waals surface area contributed by atoms with Gasteiger partial charge < -0.3 is 20.4 Å². The second-order valence-electron chi connectivity index (χ2n) is 8.50. The van der Waals surface area contributed by atoms with Gasteiger partial charge in [0.15, 0.2) is 0 Å². The molecule has 2 saturated heterocycles. The Morgan fingerprint density at radius 3 is 2.71 bits per heavy atom. The third kappa shape index (κ3) is 3.24. The highest BCUT2D eigenvalue weighted by atomic mass is 16.2. The molecule has 2 bridgehead atoms. The van der Waals surface area contributed by atoms with Gasteiger partial charge in [-0.1, -0.05) is 6.07 Å². The van der Waals surface area contributed by atoms with E-state index < -0.39 is 6.04 Å². The van der Waals surface area contributed by atoms with Gasteiger partial charge in [0.05, 0.1) is 23.5 Å². The average molecular weight is 415 g/mol. The molecular formula is C24H26N6O. The fraction of sp³-hybridized carbons (Fsp3) is 0.375. The number of nitrogens with zero attached hydrogens (tertiary/aromatic N) is 4. The highest BCUT2D eigenvalue weighted by Gasteiger charge is 2.39. The molecule has 4 heterocycles. The van der Waals surface area contributed by atoms with Crippen LogP contribution in [0.5, 0.6) is 0 Å². The van der Waals surface area contributed by atoms with E-state index in [1.165, 1.54) is 6.42 Å². The Labute approximate surface area is 181 Å². The SMILES string of the molecule is CNc1cc(C(=O)N2C3CCCC2CC3)ccc1C(N)c1cnc2ccc(C#N)cn12. The lowest BCUT2D eigenvalue weighted by atomic mass is 9.98. The summed E-state index contributed by atoms with van der Waals surface area (Å²) < 4.78 is 1.85. The Morgan fingerprint density at radius 1 is 1.23 bits per heavy atom. The van der Waals surface area contributed by atoms with Crippen LogP contribution in [-0.4, -0.2) is 39.3 Å². The number of carbonyl (C=O) groups is 1. The molecule has 5 rings (SSSR count). The lowest BCUT2D eigenvalue weighted by Gasteiger charge is -2.35. The topological polar surface area (TPSA) is 99.4 Å². The minimum absolute atomic E-state index is 0.122. The van der Waals surface area contributed by atoms with E-state index in [1.807, 2.05) is 35.7 Å². The van der Waals surface area contributed by atoms with E-state index in [2.05, 4.69) is 21.3 Å². The van der Waals surface area contributed by atoms with Crippen molar-refractivity contribution in [2.24, 2.45) is 5.73 Å². The number of pyridine rings is 1. The number of benzene rings is 1. The minimum Gasteiger partial charge on any atom is -0.388 e. The molecule has 0 radical (unpaired) electrons. The summed E-state index contributed by atoms with van der Waals surface area (Å²) in [4.78, 5) is 19.8. The van der Waals surface area contributed by atoms with Gasteiger partial charge >= 0.3 is 0 Å². The number of imidazole rings is 1. The maximum atomic E-state index is 13.3. The van der Waals surface area contributed by atoms with E-state index in [0.29, 0.717) is 23.2 Å². The molecular weight excluding hydrogens is 388 g/mol. The van der Waals surface area contributed by atoms with E-state index >= 15 is 0 Å². The summed E-state index contributed by atoms with van der Waals surface area (Å²) >= 11 is 0. The summed E-state index contributed by atoms with van der Waals surface area (Å²) in [5, 5.41) is 12.4. The summed E-state index contributed by atoms with van der Waals surface area (Å²) in [5.74, 6) is 0.122. The number of anilines is 1. The van der Waals surface area contributed by atoms with Crippen LogP contribution in [-0.2, 0) is 0 Å². The number of hydrogen-bond donors (Lipinski definition) is 2. The standard InChI is InChI=1S/C24H26N6O/c1-27-20-11-16(24(31)30-17-3-2-4-18(30)8-7-17)6-9-19(20)23(26)21-13-28-22-10-5-15(12-25)14-29(21)22/h5-6,9-11,13-14,17-18,23,27H,2-4,7-8,26H2,1H3. The predicted molar refractivity (Wildman–Crippen MR) is 119 cm³/mol. The fourth-order valence-corrected chi connectivity index (χ4v) is 5.23. The van der Waals surface area contributed by atoms with Crippen LogP contribution in [0.3, 0.4) is 0 Å². The van der Waals surface area contributed by atoms with E-state index in [-0.39, 0.29) is 5.91 Å². The van der Waals surface area contributed by atoms with Crippen LogP contribution in [0.1, 0.15) is 65.3 Å². The van der Waals surface area contributed by atoms with Crippen LogP contribution in [0.15, 0.2) is 42.7 Å². The largest absolute Gasteiger partial charge is 0.388 e. The Bertz CT molecular complexity index is 1180. The number of amides is 1. The van der Waals surface area contributed by atoms with Gasteiger partial charge in [0.2, 0.25) is 0 Å². The van der Waals surface area contributed by atoms with Gasteiger partial charge in [0, 0.05) is 36.6 Å². The van der Waals surface area contributed by atoms with Crippen LogP contribution in [0.25, 0.3) is 5.65 Å². The van der Waals surface area contributed by atoms with Gasteiger partial charge in [-0.15, -0.1) is 0 Å². The number of nitrogens with two attached hydrogens (primary N) is 1. The van der Waals surface area contributed by atoms with Crippen molar-refractivity contribution in [1.29, 1.82) is 5.26 Å². The van der Waals surface area contributed by atoms with Gasteiger partial charge in [-0.2, -0.15) is 5.26 Å². The maximum Gasteiger partial charge on any atom is 0.254 e. The third-order valence-electron chi connectivity index (χ3n) is 6.82. The number of hydrogen-bond acceptors (Lipinski definition) is 5. The monoisotopic (exact) mass is 414 g/mol. The van der Waals surface area contributed by atoms with Crippen LogP contribution < -0.4 is 11.1 Å². The second kappa shape index (κ2) is 7.71. The second-order valence-corrected chi connectivity index (χ2v) is 8.50. The summed E-state index contributed by atoms with van der Waals surface area (Å²) in [5.41, 5.74) is 11.1. The van der Waals surface area contributed by atoms with Gasteiger partial charge in [-0.05, 0) is 61.9 Å². The lowest BCUT2D eigenvalue weighted by molar-refractivity contribution is 0.0595. The third-order valence-corrected chi connectivity index (χ3v) is 6.82. The highest BCUT2D eigenvalue weighted by Crippen LogP contribution is 2.37. The van der Waals surface area contributed by atoms with E-state index in [0.717, 1.165) is 48.3 Å². The zero-order valence-electron chi connectivity index (χ0n) is 17.6. The first kappa shape index (κ1) is 19.6. The zero-order chi connectivity index (χ0) is 21.5. The first-order chi connectivity index (χ1) is 15.1. The molecule has 0 saturated carbocycles. The van der Waals surface area contributed by atoms with Crippen molar-refractivity contribution in [2.45, 2.75) is 50.2 Å². The summed E-state index contributed by atoms with van der Waals surface area (Å²) in [7, 11) is 1.84. The summed E-state index contributed by atoms with van der Waals surface area (Å²) in [6.07, 6.45) is 9.19. The Balaban J connectivity index is 1.48. The normalized spacial score (nSPS) is 21.1. The smallest absolute Gasteiger partial charge is 0.254 e. The van der Waals surface area contributed by atoms with Crippen molar-refractivity contribution in [3.8, 4) is 6.07 Å². The van der Waals surface area contributed by atoms with E-state index in [1.54, 1.807) is 18.5 Å². The van der Waals surface area contributed by atoms with Crippen LogP contribution in [0.2, 0.25) is 0 Å². The van der Waals surface area contributed by atoms with Crippen molar-refractivity contribution in [3.63, 3.8) is 0 Å². The van der Waals surface area contributed by atoms with Gasteiger partial charge in [-0.25, -0.2) is 4.98 Å². The number of rotatable bonds is 4. The van der Waals surface area contributed by atoms with Gasteiger partial charge in [-0.3, -0.25) is 4.79 Å². The molecule has 2 fully saturated rings. The number of aromatic nitrogens is 2. The molecule has 3 atom stereocenters. The molecule has 2 aromatic heterocycles. The van der Waals surface area contributed by atoms with Gasteiger partial charge in [0.25, 0.3) is 5.91 Å². The molecule has 3 unspecified atom stereocenters. The number of piperidine rings is 1. The van der Waals surface area contributed by atoms with E-state index in [4.69, 9.17) is 5.73 Å². The first-order valence-electron chi connectivity index (χ1n) is 10.9. The zero-order valence-corrected chi connectivity index (χ0v) is 17.6. The molecule has 3 aromatic rings. The number of fused-ring (bicyclic) bond motifs is 3. The highest BCUT2D eigenvalue weighted by molar-refractivity contribution is 5.96. The molecule has 1 aromatic carbocycles. The summed E-state index contributed by atoms with van der Waals surface area (Å²) in [6.45, 7) is 0. The van der Waals surface area contributed by atoms with Crippen molar-refractivity contribution in [3.05, 3.63) is 65.1 Å². The molecule has 7 nitrogen and oxygen atoms in total. The van der Waals surface area contributed by atoms with Crippen LogP contribution in [0.4, 0.5) is 5.69 Å². The maximum absolute atomic E-state index is 13.3. The van der Waals surface area contributed by atoms with Crippen LogP contribution in [0, 0.1) is 11.3 Å². The first-order valence-corrected chi connectivity index (χ1v) is 10.9. The quantitative estimate of drug-likeness (QED) is 0.681. The molecule has 0 aliphatic carbocycles. The van der Waals surface area contributed by atoms with Crippen molar-refractivity contribution in [1.82, 2.24) is 14.3 Å². The lowest BCUT2D eigenvalue weighted by Crippen LogP contribution is -2.44. The van der Waals surface area contributed by atoms with Crippen molar-refractivity contribution < 1.29 is 4.79 Å². The van der Waals surface area contributed by atoms with Gasteiger partial charge in [0.1, 0.15) is 11.7 Å². The molecule has 7 heteroatoms. The Hall–Kier alpha value is -3.37. The predicted octanol–water partition coefficient (Wildman–Crippen LogP) is 3.45. The molecule has 3 N–H and O–H groups in total. The molecule has 158 valence electrons. The van der Waals surface area contributed by atoms with Crippen LogP contribution >= 0.6 is 0 Å². The molecule has 0 spiro atoms.